The maximum atomic E-state index is 13.2. The zero-order chi connectivity index (χ0) is 60.3. The summed E-state index contributed by atoms with van der Waals surface area (Å²) in [6, 6.07) is 58.9. The smallest absolute Gasteiger partial charge is 0.418 e. The van der Waals surface area contributed by atoms with Crippen LogP contribution in [0.1, 0.15) is 75.2 Å². The number of urea groups is 1. The van der Waals surface area contributed by atoms with Crippen LogP contribution in [0, 0.1) is 13.8 Å². The number of nitrogens with zero attached hydrogens (tertiary/aromatic N) is 6. The molecular weight excluding hydrogens is 1060 g/mol. The second-order valence-electron chi connectivity index (χ2n) is 22.3. The summed E-state index contributed by atoms with van der Waals surface area (Å²) in [7, 11) is 0. The van der Waals surface area contributed by atoms with Crippen molar-refractivity contribution in [2.75, 3.05) is 33.2 Å². The summed E-state index contributed by atoms with van der Waals surface area (Å²) < 4.78 is 20.8. The second kappa shape index (κ2) is 26.1. The number of nitrogen functional groups attached to an aromatic ring is 3. The number of nitrogens with one attached hydrogen (secondary N) is 3. The van der Waals surface area contributed by atoms with Gasteiger partial charge in [0.25, 0.3) is 0 Å². The van der Waals surface area contributed by atoms with Crippen LogP contribution in [0.25, 0.3) is 32.9 Å². The summed E-state index contributed by atoms with van der Waals surface area (Å²) in [6.45, 7) is 17.4. The topological polar surface area (TPSA) is 237 Å². The Morgan fingerprint density at radius 1 is 0.482 bits per heavy atom. The summed E-state index contributed by atoms with van der Waals surface area (Å²) in [5.41, 5.74) is 26.2. The number of ether oxygens (including phenoxy) is 3. The van der Waals surface area contributed by atoms with Gasteiger partial charge in [0.05, 0.1) is 28.5 Å². The molecule has 9 N–H and O–H groups in total. The molecule has 11 aromatic rings. The SMILES string of the molecule is Cc1ccc(-n2nc(C(C)(C)C)cc2NC(=O)Nc2ccc(OCc3ccnc(N)c3)c3ccccc23)cc1.Cc1ccc(-n2nc(C(C)(C)C)cc2NC(=O)Oc2ccccc2)cc1.Nc1cc(COc2ccc(N)c3ccccc23)ccn1. The number of amides is 3. The number of aromatic nitrogens is 6. The Balaban J connectivity index is 0.000000163. The number of nitrogens with two attached hydrogens (primary N) is 3. The predicted molar refractivity (Wildman–Crippen MR) is 341 cm³/mol. The van der Waals surface area contributed by atoms with Crippen LogP contribution in [-0.4, -0.2) is 41.7 Å². The van der Waals surface area contributed by atoms with Crippen LogP contribution in [-0.2, 0) is 24.0 Å². The molecule has 0 atom stereocenters. The van der Waals surface area contributed by atoms with E-state index in [9.17, 15) is 9.59 Å². The molecule has 7 aromatic carbocycles. The Morgan fingerprint density at radius 2 is 0.929 bits per heavy atom. The highest BCUT2D eigenvalue weighted by atomic mass is 16.6. The largest absolute Gasteiger partial charge is 0.488 e. The first-order valence-corrected chi connectivity index (χ1v) is 27.7. The average molecular weight is 1140 g/mol. The van der Waals surface area contributed by atoms with Crippen molar-refractivity contribution in [1.82, 2.24) is 29.5 Å². The van der Waals surface area contributed by atoms with E-state index in [-0.39, 0.29) is 16.9 Å². The van der Waals surface area contributed by atoms with E-state index in [4.69, 9.17) is 36.5 Å². The third kappa shape index (κ3) is 15.5. The fraction of sp³-hybridized carbons (Fsp3) is 0.176. The Morgan fingerprint density at radius 3 is 1.42 bits per heavy atom. The van der Waals surface area contributed by atoms with Crippen LogP contribution in [0.2, 0.25) is 0 Å². The molecule has 85 heavy (non-hydrogen) atoms. The van der Waals surface area contributed by atoms with Crippen LogP contribution in [0.4, 0.5) is 44.2 Å². The quantitative estimate of drug-likeness (QED) is 0.0627. The van der Waals surface area contributed by atoms with E-state index < -0.39 is 6.09 Å². The number of rotatable bonds is 12. The average Bonchev–Trinajstić information content (AvgIpc) is 2.84. The van der Waals surface area contributed by atoms with E-state index in [0.717, 1.165) is 78.0 Å². The van der Waals surface area contributed by atoms with Gasteiger partial charge in [0, 0.05) is 62.6 Å². The zero-order valence-corrected chi connectivity index (χ0v) is 48.9. The summed E-state index contributed by atoms with van der Waals surface area (Å²) in [6.07, 6.45) is 2.78. The minimum absolute atomic E-state index is 0.143. The van der Waals surface area contributed by atoms with Gasteiger partial charge in [0.15, 0.2) is 0 Å². The molecule has 0 aliphatic rings. The molecule has 4 aromatic heterocycles. The number of carbonyl (C=O) groups excluding carboxylic acids is 2. The third-order valence-electron chi connectivity index (χ3n) is 13.5. The highest BCUT2D eigenvalue weighted by Crippen LogP contribution is 2.34. The van der Waals surface area contributed by atoms with Crippen molar-refractivity contribution in [3.05, 3.63) is 234 Å². The minimum Gasteiger partial charge on any atom is -0.488 e. The van der Waals surface area contributed by atoms with Crippen molar-refractivity contribution in [1.29, 1.82) is 0 Å². The van der Waals surface area contributed by atoms with Crippen molar-refractivity contribution in [2.24, 2.45) is 0 Å². The molecule has 17 heteroatoms. The van der Waals surface area contributed by atoms with E-state index in [2.05, 4.69) is 72.6 Å². The fourth-order valence-corrected chi connectivity index (χ4v) is 8.85. The fourth-order valence-electron chi connectivity index (χ4n) is 8.85. The maximum absolute atomic E-state index is 13.2. The first-order valence-electron chi connectivity index (χ1n) is 27.7. The van der Waals surface area contributed by atoms with E-state index in [0.29, 0.717) is 53.7 Å². The lowest BCUT2D eigenvalue weighted by molar-refractivity contribution is 0.215. The molecule has 0 saturated carbocycles. The lowest BCUT2D eigenvalue weighted by Crippen LogP contribution is -2.21. The normalized spacial score (nSPS) is 11.2. The highest BCUT2D eigenvalue weighted by Gasteiger charge is 2.24. The Hall–Kier alpha value is -10.7. The van der Waals surface area contributed by atoms with Crippen LogP contribution < -0.4 is 47.4 Å². The Bertz CT molecular complexity index is 4090. The van der Waals surface area contributed by atoms with Crippen LogP contribution in [0.3, 0.4) is 0 Å². The highest BCUT2D eigenvalue weighted by molar-refractivity contribution is 6.07. The number of fused-ring (bicyclic) bond motifs is 2. The van der Waals surface area contributed by atoms with E-state index in [1.807, 2.05) is 178 Å². The van der Waals surface area contributed by atoms with E-state index in [1.165, 1.54) is 0 Å². The second-order valence-corrected chi connectivity index (χ2v) is 22.3. The van der Waals surface area contributed by atoms with Gasteiger partial charge in [0.2, 0.25) is 0 Å². The molecule has 432 valence electrons. The molecule has 0 unspecified atom stereocenters. The number of pyridine rings is 2. The lowest BCUT2D eigenvalue weighted by atomic mass is 9.92. The molecular formula is C68H70N12O5. The molecule has 3 amide bonds. The maximum Gasteiger partial charge on any atom is 0.418 e. The van der Waals surface area contributed by atoms with E-state index >= 15 is 0 Å². The van der Waals surface area contributed by atoms with Crippen LogP contribution >= 0.6 is 0 Å². The van der Waals surface area contributed by atoms with Crippen LogP contribution in [0.15, 0.2) is 200 Å². The molecule has 0 radical (unpaired) electrons. The molecule has 0 bridgehead atoms. The third-order valence-corrected chi connectivity index (χ3v) is 13.5. The summed E-state index contributed by atoms with van der Waals surface area (Å²) >= 11 is 0. The number of anilines is 6. The van der Waals surface area contributed by atoms with Gasteiger partial charge in [-0.15, -0.1) is 0 Å². The monoisotopic (exact) mass is 1130 g/mol. The molecule has 11 rings (SSSR count). The zero-order valence-electron chi connectivity index (χ0n) is 48.9. The number of hydrogen-bond donors (Lipinski definition) is 6. The van der Waals surface area contributed by atoms with Crippen LogP contribution in [0.5, 0.6) is 17.2 Å². The number of aryl methyl sites for hydroxylation is 2. The molecule has 0 saturated heterocycles. The predicted octanol–water partition coefficient (Wildman–Crippen LogP) is 14.9. The minimum atomic E-state index is -0.551. The number of para-hydroxylation sites is 1. The van der Waals surface area contributed by atoms with Gasteiger partial charge in [0.1, 0.15) is 53.7 Å². The van der Waals surface area contributed by atoms with Crippen molar-refractivity contribution in [3.8, 4) is 28.6 Å². The van der Waals surface area contributed by atoms with Gasteiger partial charge in [-0.25, -0.2) is 28.9 Å². The molecule has 0 aliphatic heterocycles. The molecule has 0 aliphatic carbocycles. The number of hydrogen-bond acceptors (Lipinski definition) is 12. The molecule has 17 nitrogen and oxygen atoms in total. The van der Waals surface area contributed by atoms with Crippen molar-refractivity contribution in [2.45, 2.75) is 79.4 Å². The van der Waals surface area contributed by atoms with Gasteiger partial charge in [-0.05, 0) is 110 Å². The molecule has 0 spiro atoms. The summed E-state index contributed by atoms with van der Waals surface area (Å²) in [5.74, 6) is 4.10. The van der Waals surface area contributed by atoms with Gasteiger partial charge in [-0.1, -0.05) is 144 Å². The molecule has 4 heterocycles. The van der Waals surface area contributed by atoms with Gasteiger partial charge < -0.3 is 36.7 Å². The lowest BCUT2D eigenvalue weighted by Gasteiger charge is -2.14. The first kappa shape index (κ1) is 59.0. The van der Waals surface area contributed by atoms with Gasteiger partial charge in [-0.2, -0.15) is 10.2 Å². The van der Waals surface area contributed by atoms with Crippen molar-refractivity contribution >= 4 is 68.3 Å². The number of carbonyl (C=O) groups is 2. The Labute approximate surface area is 494 Å². The Kier molecular flexibility index (Phi) is 18.1. The summed E-state index contributed by atoms with van der Waals surface area (Å²) in [5, 5.41) is 22.1. The standard InChI is InChI=1S/C31H32N6O2.C21H23N3O2.C16H15N3O/c1-20-9-11-22(12-10-20)37-29(18-27(36-37)31(2,3)4)35-30(38)34-25-13-14-26(24-8-6-5-7-23(24)25)39-19-21-15-16-33-28(32)17-21;1-15-10-12-16(13-11-15)24-19(14-18(23-24)21(2,3)4)22-20(25)26-17-8-6-5-7-9-17;17-14-5-6-15(13-4-2-1-3-12(13)14)20-10-11-7-8-19-16(18)9-11/h5-18H,19H2,1-4H3,(H2,32,33)(H2,34,35,38);5-14H,1-4H3,(H,22,25);1-9H,10,17H2,(H2,18,19). The van der Waals surface area contributed by atoms with E-state index in [1.54, 1.807) is 46.0 Å². The van der Waals surface area contributed by atoms with Gasteiger partial charge >= 0.3 is 12.1 Å². The summed E-state index contributed by atoms with van der Waals surface area (Å²) in [4.78, 5) is 33.5. The van der Waals surface area contributed by atoms with Crippen molar-refractivity contribution in [3.63, 3.8) is 0 Å². The van der Waals surface area contributed by atoms with Crippen molar-refractivity contribution < 1.29 is 23.8 Å². The first-order chi connectivity index (χ1) is 40.7. The molecule has 0 fully saturated rings. The number of benzene rings is 7. The van der Waals surface area contributed by atoms with Gasteiger partial charge in [-0.3, -0.25) is 10.6 Å².